The first-order valence-electron chi connectivity index (χ1n) is 4.28. The van der Waals surface area contributed by atoms with Gasteiger partial charge in [0.2, 0.25) is 0 Å². The van der Waals surface area contributed by atoms with Gasteiger partial charge in [0.25, 0.3) is 0 Å². The lowest BCUT2D eigenvalue weighted by Crippen LogP contribution is -2.16. The monoisotopic (exact) mass is 179 g/mol. The molecule has 1 rings (SSSR count). The number of hydrogen-bond donors (Lipinski definition) is 2. The third-order valence-corrected chi connectivity index (χ3v) is 2.37. The third-order valence-electron chi connectivity index (χ3n) is 2.37. The van der Waals surface area contributed by atoms with E-state index < -0.39 is 0 Å². The topological polar surface area (TPSA) is 82.4 Å². The van der Waals surface area contributed by atoms with Gasteiger partial charge in [0.05, 0.1) is 0 Å². The Morgan fingerprint density at radius 1 is 1.77 bits per heavy atom. The van der Waals surface area contributed by atoms with Crippen molar-refractivity contribution < 1.29 is 5.11 Å². The Balaban J connectivity index is 2.97. The molecule has 0 radical (unpaired) electrons. The van der Waals surface area contributed by atoms with Crippen LogP contribution in [0.3, 0.4) is 0 Å². The molecule has 2 atom stereocenters. The van der Waals surface area contributed by atoms with E-state index in [-0.39, 0.29) is 29.1 Å². The minimum Gasteiger partial charge on any atom is -0.508 e. The van der Waals surface area contributed by atoms with Gasteiger partial charge in [-0.05, 0) is 5.92 Å². The Labute approximate surface area is 77.4 Å². The van der Waals surface area contributed by atoms with Crippen LogP contribution >= 0.6 is 0 Å². The number of nitrogens with two attached hydrogens (primary N) is 1. The van der Waals surface area contributed by atoms with E-state index in [4.69, 9.17) is 11.0 Å². The summed E-state index contributed by atoms with van der Waals surface area (Å²) in [5.74, 6) is 0.393. The Hall–Kier alpha value is -1.50. The Bertz CT molecular complexity index is 311. The van der Waals surface area contributed by atoms with Crippen molar-refractivity contribution in [2.24, 2.45) is 16.6 Å². The second-order valence-corrected chi connectivity index (χ2v) is 3.22. The van der Waals surface area contributed by atoms with E-state index in [0.717, 1.165) is 6.42 Å². The summed E-state index contributed by atoms with van der Waals surface area (Å²) < 4.78 is 0. The van der Waals surface area contributed by atoms with Crippen LogP contribution in [-0.4, -0.2) is 17.0 Å². The van der Waals surface area contributed by atoms with Crippen LogP contribution in [-0.2, 0) is 0 Å². The van der Waals surface area contributed by atoms with Crippen molar-refractivity contribution in [2.75, 3.05) is 0 Å². The molecule has 0 saturated carbocycles. The van der Waals surface area contributed by atoms with E-state index in [2.05, 4.69) is 4.99 Å². The number of aliphatic imine (C=N–C) groups is 1. The lowest BCUT2D eigenvalue weighted by atomic mass is 9.98. The normalized spacial score (nSPS) is 24.1. The smallest absolute Gasteiger partial charge is 0.140 e. The Morgan fingerprint density at radius 2 is 2.38 bits per heavy atom. The van der Waals surface area contributed by atoms with Crippen molar-refractivity contribution in [3.8, 4) is 6.07 Å². The summed E-state index contributed by atoms with van der Waals surface area (Å²) in [6.45, 7) is 3.98. The van der Waals surface area contributed by atoms with Crippen LogP contribution in [0.2, 0.25) is 0 Å². The zero-order chi connectivity index (χ0) is 10.0. The maximum Gasteiger partial charge on any atom is 0.140 e. The molecule has 1 aliphatic rings. The molecule has 0 saturated heterocycles. The number of aliphatic hydroxyl groups is 1. The van der Waals surface area contributed by atoms with E-state index in [1.54, 1.807) is 0 Å². The van der Waals surface area contributed by atoms with Crippen LogP contribution in [0.15, 0.2) is 16.3 Å². The van der Waals surface area contributed by atoms with Crippen LogP contribution < -0.4 is 5.73 Å². The second-order valence-electron chi connectivity index (χ2n) is 3.22. The highest BCUT2D eigenvalue weighted by molar-refractivity contribution is 6.03. The van der Waals surface area contributed by atoms with Crippen molar-refractivity contribution in [2.45, 2.75) is 26.3 Å². The standard InChI is InChI=1S/C9H13N3O/c1-3-5(2)7-8(13)6(4-10)9(11)12-7/h5,7,13H,3H2,1-2H3,(H2,11,12)/t5-,7-/m1/s1. The van der Waals surface area contributed by atoms with E-state index in [1.807, 2.05) is 19.9 Å². The molecule has 0 aromatic carbocycles. The molecule has 70 valence electrons. The van der Waals surface area contributed by atoms with Gasteiger partial charge in [-0.2, -0.15) is 5.26 Å². The van der Waals surface area contributed by atoms with Gasteiger partial charge >= 0.3 is 0 Å². The van der Waals surface area contributed by atoms with Gasteiger partial charge in [0.1, 0.15) is 29.3 Å². The number of rotatable bonds is 2. The van der Waals surface area contributed by atoms with Crippen molar-refractivity contribution in [1.82, 2.24) is 0 Å². The molecule has 3 N–H and O–H groups in total. The fraction of sp³-hybridized carbons (Fsp3) is 0.556. The van der Waals surface area contributed by atoms with Gasteiger partial charge in [-0.15, -0.1) is 0 Å². The summed E-state index contributed by atoms with van der Waals surface area (Å²) in [6, 6.07) is 1.53. The van der Waals surface area contributed by atoms with E-state index in [9.17, 15) is 5.11 Å². The van der Waals surface area contributed by atoms with Gasteiger partial charge < -0.3 is 10.8 Å². The summed E-state index contributed by atoms with van der Waals surface area (Å²) in [4.78, 5) is 4.04. The minimum absolute atomic E-state index is 0.0225. The molecule has 1 aliphatic heterocycles. The third kappa shape index (κ3) is 1.50. The summed E-state index contributed by atoms with van der Waals surface area (Å²) >= 11 is 0. The molecule has 0 aromatic heterocycles. The molecule has 0 aromatic rings. The van der Waals surface area contributed by atoms with Gasteiger partial charge in [-0.3, -0.25) is 4.99 Å². The highest BCUT2D eigenvalue weighted by atomic mass is 16.3. The van der Waals surface area contributed by atoms with E-state index in [0.29, 0.717) is 0 Å². The molecule has 1 heterocycles. The van der Waals surface area contributed by atoms with Gasteiger partial charge in [-0.1, -0.05) is 20.3 Å². The quantitative estimate of drug-likeness (QED) is 0.666. The van der Waals surface area contributed by atoms with Gasteiger partial charge in [0, 0.05) is 0 Å². The first kappa shape index (κ1) is 9.59. The predicted octanol–water partition coefficient (Wildman–Crippen LogP) is 1.11. The zero-order valence-corrected chi connectivity index (χ0v) is 7.78. The maximum absolute atomic E-state index is 9.58. The fourth-order valence-corrected chi connectivity index (χ4v) is 1.29. The number of aliphatic hydroxyl groups excluding tert-OH is 1. The molecule has 0 unspecified atom stereocenters. The molecule has 0 spiro atoms. The van der Waals surface area contributed by atoms with Crippen LogP contribution in [0.5, 0.6) is 0 Å². The first-order chi connectivity index (χ1) is 6.11. The molecule has 0 bridgehead atoms. The Kier molecular flexibility index (Phi) is 2.57. The van der Waals surface area contributed by atoms with Crippen molar-refractivity contribution in [3.63, 3.8) is 0 Å². The van der Waals surface area contributed by atoms with E-state index in [1.165, 1.54) is 0 Å². The van der Waals surface area contributed by atoms with Crippen LogP contribution in [0.25, 0.3) is 0 Å². The second kappa shape index (κ2) is 3.48. The first-order valence-corrected chi connectivity index (χ1v) is 4.28. The van der Waals surface area contributed by atoms with Crippen LogP contribution in [0, 0.1) is 17.2 Å². The summed E-state index contributed by atoms with van der Waals surface area (Å²) in [5.41, 5.74) is 5.60. The largest absolute Gasteiger partial charge is 0.508 e. The molecular formula is C9H13N3O. The average molecular weight is 179 g/mol. The van der Waals surface area contributed by atoms with Gasteiger partial charge in [0.15, 0.2) is 0 Å². The van der Waals surface area contributed by atoms with Crippen molar-refractivity contribution in [1.29, 1.82) is 5.26 Å². The highest BCUT2D eigenvalue weighted by Gasteiger charge is 2.29. The maximum atomic E-state index is 9.58. The molecule has 0 amide bonds. The molecule has 13 heavy (non-hydrogen) atoms. The Morgan fingerprint density at radius 3 is 2.77 bits per heavy atom. The average Bonchev–Trinajstić information content (AvgIpc) is 2.40. The minimum atomic E-state index is -0.320. The van der Waals surface area contributed by atoms with Crippen molar-refractivity contribution in [3.05, 3.63) is 11.3 Å². The molecule has 4 heteroatoms. The summed E-state index contributed by atoms with van der Waals surface area (Å²) in [7, 11) is 0. The summed E-state index contributed by atoms with van der Waals surface area (Å²) in [6.07, 6.45) is 0.893. The highest BCUT2D eigenvalue weighted by Crippen LogP contribution is 2.25. The van der Waals surface area contributed by atoms with Crippen LogP contribution in [0.4, 0.5) is 0 Å². The fourth-order valence-electron chi connectivity index (χ4n) is 1.29. The number of nitrogens with zero attached hydrogens (tertiary/aromatic N) is 2. The molecule has 0 fully saturated rings. The molecule has 0 aliphatic carbocycles. The lowest BCUT2D eigenvalue weighted by Gasteiger charge is -2.14. The molecule has 4 nitrogen and oxygen atoms in total. The van der Waals surface area contributed by atoms with E-state index >= 15 is 0 Å². The summed E-state index contributed by atoms with van der Waals surface area (Å²) in [5, 5.41) is 18.2. The predicted molar refractivity (Wildman–Crippen MR) is 50.1 cm³/mol. The lowest BCUT2D eigenvalue weighted by molar-refractivity contribution is 0.326. The number of nitriles is 1. The SMILES string of the molecule is CC[C@@H](C)[C@H]1N=C(N)C(C#N)=C1O. The van der Waals surface area contributed by atoms with Crippen molar-refractivity contribution >= 4 is 5.84 Å². The zero-order valence-electron chi connectivity index (χ0n) is 7.78. The molecular weight excluding hydrogens is 166 g/mol. The van der Waals surface area contributed by atoms with Gasteiger partial charge in [-0.25, -0.2) is 0 Å². The van der Waals surface area contributed by atoms with Crippen LogP contribution in [0.1, 0.15) is 20.3 Å². The number of amidine groups is 1. The number of hydrogen-bond acceptors (Lipinski definition) is 4.